The fourth-order valence-electron chi connectivity index (χ4n) is 2.69. The van der Waals surface area contributed by atoms with E-state index in [9.17, 15) is 10.2 Å². The van der Waals surface area contributed by atoms with Crippen LogP contribution >= 0.6 is 0 Å². The van der Waals surface area contributed by atoms with E-state index in [0.29, 0.717) is 12.0 Å². The quantitative estimate of drug-likeness (QED) is 0.442. The summed E-state index contributed by atoms with van der Waals surface area (Å²) >= 11 is 0. The number of hydrogen-bond donors (Lipinski definition) is 2. The highest BCUT2D eigenvalue weighted by atomic mass is 16.3. The lowest BCUT2D eigenvalue weighted by molar-refractivity contribution is 0.440. The average molecular weight is 348 g/mol. The van der Waals surface area contributed by atoms with Gasteiger partial charge >= 0.3 is 0 Å². The Hall–Kier alpha value is -2.74. The van der Waals surface area contributed by atoms with Crippen molar-refractivity contribution in [3.63, 3.8) is 0 Å². The SMILES string of the molecule is CC(C)=CCC/C(C)=C/Cc1c(O)cc(/C=C\c2ccccc2)cc1O. The highest BCUT2D eigenvalue weighted by Gasteiger charge is 2.08. The molecular formula is C24H28O2. The first-order valence-corrected chi connectivity index (χ1v) is 9.02. The van der Waals surface area contributed by atoms with Gasteiger partial charge in [0.1, 0.15) is 11.5 Å². The molecule has 2 rings (SSSR count). The number of rotatable bonds is 7. The molecule has 0 saturated carbocycles. The highest BCUT2D eigenvalue weighted by molar-refractivity contribution is 5.71. The van der Waals surface area contributed by atoms with Crippen molar-refractivity contribution in [2.75, 3.05) is 0 Å². The highest BCUT2D eigenvalue weighted by Crippen LogP contribution is 2.31. The van der Waals surface area contributed by atoms with Gasteiger partial charge in [0.15, 0.2) is 0 Å². The number of hydrogen-bond acceptors (Lipinski definition) is 2. The molecule has 0 heterocycles. The molecule has 0 atom stereocenters. The van der Waals surface area contributed by atoms with Gasteiger partial charge in [-0.25, -0.2) is 0 Å². The number of aromatic hydroxyl groups is 2. The number of phenolic OH excluding ortho intramolecular Hbond substituents is 2. The zero-order chi connectivity index (χ0) is 18.9. The van der Waals surface area contributed by atoms with Crippen molar-refractivity contribution in [2.45, 2.75) is 40.0 Å². The topological polar surface area (TPSA) is 40.5 Å². The molecule has 0 fully saturated rings. The van der Waals surface area contributed by atoms with Crippen molar-refractivity contribution in [1.82, 2.24) is 0 Å². The summed E-state index contributed by atoms with van der Waals surface area (Å²) in [4.78, 5) is 0. The summed E-state index contributed by atoms with van der Waals surface area (Å²) in [5.74, 6) is 0.261. The van der Waals surface area contributed by atoms with E-state index in [1.807, 2.05) is 42.5 Å². The zero-order valence-electron chi connectivity index (χ0n) is 15.9. The lowest BCUT2D eigenvalue weighted by atomic mass is 10.0. The molecule has 0 radical (unpaired) electrons. The van der Waals surface area contributed by atoms with Gasteiger partial charge in [-0.1, -0.05) is 65.8 Å². The molecule has 2 aromatic rings. The van der Waals surface area contributed by atoms with E-state index < -0.39 is 0 Å². The molecular weight excluding hydrogens is 320 g/mol. The van der Waals surface area contributed by atoms with E-state index in [1.54, 1.807) is 12.1 Å². The van der Waals surface area contributed by atoms with Gasteiger partial charge in [-0.15, -0.1) is 0 Å². The lowest BCUT2D eigenvalue weighted by Crippen LogP contribution is -1.88. The second kappa shape index (κ2) is 9.67. The summed E-state index contributed by atoms with van der Waals surface area (Å²) in [6.45, 7) is 6.29. The summed E-state index contributed by atoms with van der Waals surface area (Å²) < 4.78 is 0. The van der Waals surface area contributed by atoms with Crippen LogP contribution in [-0.4, -0.2) is 10.2 Å². The largest absolute Gasteiger partial charge is 0.507 e. The Morgan fingerprint density at radius 2 is 1.46 bits per heavy atom. The molecule has 0 bridgehead atoms. The number of allylic oxidation sites excluding steroid dienone is 4. The number of phenols is 2. The average Bonchev–Trinajstić information content (AvgIpc) is 2.60. The minimum atomic E-state index is 0.131. The van der Waals surface area contributed by atoms with Crippen LogP contribution < -0.4 is 0 Å². The Bertz CT molecular complexity index is 784. The maximum atomic E-state index is 10.3. The van der Waals surface area contributed by atoms with E-state index in [-0.39, 0.29) is 11.5 Å². The van der Waals surface area contributed by atoms with E-state index in [1.165, 1.54) is 11.1 Å². The maximum Gasteiger partial charge on any atom is 0.123 e. The van der Waals surface area contributed by atoms with Crippen LogP contribution in [0.3, 0.4) is 0 Å². The molecule has 2 nitrogen and oxygen atoms in total. The first-order valence-electron chi connectivity index (χ1n) is 9.02. The first kappa shape index (κ1) is 19.6. The van der Waals surface area contributed by atoms with Crippen LogP contribution in [0.5, 0.6) is 11.5 Å². The molecule has 0 spiro atoms. The lowest BCUT2D eigenvalue weighted by Gasteiger charge is -2.08. The molecule has 0 saturated heterocycles. The Morgan fingerprint density at radius 3 is 2.08 bits per heavy atom. The van der Waals surface area contributed by atoms with Gasteiger partial charge in [-0.05, 0) is 63.3 Å². The van der Waals surface area contributed by atoms with Gasteiger partial charge in [0, 0.05) is 5.56 Å². The predicted octanol–water partition coefficient (Wildman–Crippen LogP) is 6.50. The Kier molecular flexibility index (Phi) is 7.28. The second-order valence-corrected chi connectivity index (χ2v) is 6.86. The van der Waals surface area contributed by atoms with Crippen molar-refractivity contribution >= 4 is 12.2 Å². The van der Waals surface area contributed by atoms with Crippen LogP contribution in [0.25, 0.3) is 12.2 Å². The molecule has 2 heteroatoms. The van der Waals surface area contributed by atoms with Gasteiger partial charge in [-0.2, -0.15) is 0 Å². The summed E-state index contributed by atoms with van der Waals surface area (Å²) in [6.07, 6.45) is 10.7. The van der Waals surface area contributed by atoms with Gasteiger partial charge in [-0.3, -0.25) is 0 Å². The van der Waals surface area contributed by atoms with E-state index in [2.05, 4.69) is 32.9 Å². The summed E-state index contributed by atoms with van der Waals surface area (Å²) in [5.41, 5.74) is 5.01. The predicted molar refractivity (Wildman–Crippen MR) is 111 cm³/mol. The van der Waals surface area contributed by atoms with E-state index in [0.717, 1.165) is 24.0 Å². The van der Waals surface area contributed by atoms with Crippen molar-refractivity contribution in [1.29, 1.82) is 0 Å². The summed E-state index contributed by atoms with van der Waals surface area (Å²) in [6, 6.07) is 13.3. The molecule has 0 aliphatic carbocycles. The van der Waals surface area contributed by atoms with Crippen LogP contribution in [0.4, 0.5) is 0 Å². The first-order chi connectivity index (χ1) is 12.5. The maximum absolute atomic E-state index is 10.3. The van der Waals surface area contributed by atoms with Gasteiger partial charge in [0.05, 0.1) is 0 Å². The van der Waals surface area contributed by atoms with E-state index >= 15 is 0 Å². The third-order valence-electron chi connectivity index (χ3n) is 4.24. The van der Waals surface area contributed by atoms with Crippen molar-refractivity contribution in [3.8, 4) is 11.5 Å². The molecule has 26 heavy (non-hydrogen) atoms. The van der Waals surface area contributed by atoms with Crippen molar-refractivity contribution in [2.24, 2.45) is 0 Å². The summed E-state index contributed by atoms with van der Waals surface area (Å²) in [5, 5.41) is 20.6. The van der Waals surface area contributed by atoms with E-state index in [4.69, 9.17) is 0 Å². The van der Waals surface area contributed by atoms with Crippen LogP contribution in [-0.2, 0) is 6.42 Å². The monoisotopic (exact) mass is 348 g/mol. The smallest absolute Gasteiger partial charge is 0.123 e. The molecule has 0 unspecified atom stereocenters. The fraction of sp³-hybridized carbons (Fsp3) is 0.250. The molecule has 0 aliphatic rings. The van der Waals surface area contributed by atoms with Gasteiger partial charge in [0.2, 0.25) is 0 Å². The van der Waals surface area contributed by atoms with Gasteiger partial charge < -0.3 is 10.2 Å². The molecule has 0 aromatic heterocycles. The molecule has 0 aliphatic heterocycles. The minimum Gasteiger partial charge on any atom is -0.507 e. The zero-order valence-corrected chi connectivity index (χ0v) is 15.9. The third-order valence-corrected chi connectivity index (χ3v) is 4.24. The van der Waals surface area contributed by atoms with Crippen LogP contribution in [0.1, 0.15) is 50.3 Å². The standard InChI is InChI=1S/C24H28O2/c1-18(2)8-7-9-19(3)12-15-22-23(25)16-21(17-24(22)26)14-13-20-10-5-4-6-11-20/h4-6,8,10-14,16-17,25-26H,7,9,15H2,1-3H3/b14-13-,19-12+. The van der Waals surface area contributed by atoms with Crippen LogP contribution in [0, 0.1) is 0 Å². The second-order valence-electron chi connectivity index (χ2n) is 6.86. The third kappa shape index (κ3) is 6.29. The Balaban J connectivity index is 2.07. The van der Waals surface area contributed by atoms with Crippen molar-refractivity contribution in [3.05, 3.63) is 82.5 Å². The Morgan fingerprint density at radius 1 is 0.846 bits per heavy atom. The van der Waals surface area contributed by atoms with Gasteiger partial charge in [0.25, 0.3) is 0 Å². The molecule has 0 amide bonds. The van der Waals surface area contributed by atoms with Crippen molar-refractivity contribution < 1.29 is 10.2 Å². The number of benzene rings is 2. The molecule has 136 valence electrons. The molecule has 2 aromatic carbocycles. The Labute approximate surface area is 156 Å². The fourth-order valence-corrected chi connectivity index (χ4v) is 2.69. The minimum absolute atomic E-state index is 0.131. The molecule has 2 N–H and O–H groups in total. The van der Waals surface area contributed by atoms with Crippen LogP contribution in [0.2, 0.25) is 0 Å². The summed E-state index contributed by atoms with van der Waals surface area (Å²) in [7, 11) is 0. The van der Waals surface area contributed by atoms with Crippen LogP contribution in [0.15, 0.2) is 65.8 Å². The normalized spacial score (nSPS) is 11.7.